The lowest BCUT2D eigenvalue weighted by Gasteiger charge is -2.17. The average molecular weight is 281 g/mol. The maximum absolute atomic E-state index is 9.61. The first kappa shape index (κ1) is 13.8. The number of aliphatic hydroxyl groups excluding tert-OH is 1. The Morgan fingerprint density at radius 3 is 2.67 bits per heavy atom. The molecule has 0 fully saturated rings. The molecule has 1 atom stereocenters. The Kier molecular flexibility index (Phi) is 3.99. The molecule has 2 N–H and O–H groups in total. The monoisotopic (exact) mass is 281 g/mol. The zero-order chi connectivity index (χ0) is 14.7. The van der Waals surface area contributed by atoms with E-state index in [4.69, 9.17) is 0 Å². The topological polar surface area (TPSA) is 49.6 Å². The predicted molar refractivity (Wildman–Crippen MR) is 83.0 cm³/mol. The summed E-state index contributed by atoms with van der Waals surface area (Å²) in [5.41, 5.74) is 4.18. The van der Waals surface area contributed by atoms with Crippen LogP contribution in [0.15, 0.2) is 54.7 Å². The highest BCUT2D eigenvalue weighted by atomic mass is 16.3. The molecule has 0 radical (unpaired) electrons. The fraction of sp³-hybridized carbons (Fsp3) is 0.235. The molecule has 0 saturated carbocycles. The Balaban J connectivity index is 1.81. The molecular formula is C17H19N3O. The van der Waals surface area contributed by atoms with Crippen LogP contribution in [0.25, 0.3) is 5.65 Å². The maximum Gasteiger partial charge on any atom is 0.137 e. The number of hydrogen-bond donors (Lipinski definition) is 2. The molecule has 2 aromatic heterocycles. The molecule has 0 aliphatic heterocycles. The van der Waals surface area contributed by atoms with Gasteiger partial charge in [0.25, 0.3) is 0 Å². The fourth-order valence-corrected chi connectivity index (χ4v) is 2.57. The van der Waals surface area contributed by atoms with E-state index in [1.807, 2.05) is 61.7 Å². The zero-order valence-electron chi connectivity index (χ0n) is 12.0. The summed E-state index contributed by atoms with van der Waals surface area (Å²) >= 11 is 0. The van der Waals surface area contributed by atoms with Gasteiger partial charge in [0.2, 0.25) is 0 Å². The third-order valence-electron chi connectivity index (χ3n) is 3.73. The third kappa shape index (κ3) is 2.82. The Morgan fingerprint density at radius 2 is 1.90 bits per heavy atom. The Hall–Kier alpha value is -2.17. The lowest BCUT2D eigenvalue weighted by Crippen LogP contribution is -2.24. The van der Waals surface area contributed by atoms with Crippen molar-refractivity contribution in [3.05, 3.63) is 71.7 Å². The number of aryl methyl sites for hydroxylation is 1. The molecule has 0 bridgehead atoms. The molecule has 0 amide bonds. The number of aliphatic hydroxyl groups is 1. The number of nitrogens with zero attached hydrogens (tertiary/aromatic N) is 2. The summed E-state index contributed by atoms with van der Waals surface area (Å²) in [5, 5.41) is 13.0. The number of nitrogens with one attached hydrogen (secondary N) is 1. The van der Waals surface area contributed by atoms with Gasteiger partial charge in [-0.05, 0) is 24.6 Å². The molecule has 0 aliphatic rings. The molecule has 3 aromatic rings. The number of benzene rings is 1. The first-order valence-corrected chi connectivity index (χ1v) is 7.11. The smallest absolute Gasteiger partial charge is 0.137 e. The molecular weight excluding hydrogens is 262 g/mol. The van der Waals surface area contributed by atoms with Gasteiger partial charge in [-0.25, -0.2) is 4.98 Å². The van der Waals surface area contributed by atoms with Crippen LogP contribution in [0.4, 0.5) is 0 Å². The zero-order valence-corrected chi connectivity index (χ0v) is 12.0. The highest BCUT2D eigenvalue weighted by Crippen LogP contribution is 2.15. The molecule has 21 heavy (non-hydrogen) atoms. The molecule has 0 spiro atoms. The van der Waals surface area contributed by atoms with Gasteiger partial charge in [-0.3, -0.25) is 0 Å². The summed E-state index contributed by atoms with van der Waals surface area (Å²) < 4.78 is 2.09. The van der Waals surface area contributed by atoms with E-state index in [0.717, 1.165) is 22.6 Å². The van der Waals surface area contributed by atoms with Crippen molar-refractivity contribution in [3.63, 3.8) is 0 Å². The van der Waals surface area contributed by atoms with Crippen LogP contribution in [0.1, 0.15) is 23.0 Å². The van der Waals surface area contributed by atoms with Crippen LogP contribution >= 0.6 is 0 Å². The first-order chi connectivity index (χ1) is 10.3. The molecule has 0 unspecified atom stereocenters. The van der Waals surface area contributed by atoms with Crippen LogP contribution in [0, 0.1) is 6.92 Å². The second-order valence-corrected chi connectivity index (χ2v) is 5.10. The van der Waals surface area contributed by atoms with Crippen LogP contribution in [0.3, 0.4) is 0 Å². The molecule has 2 heterocycles. The molecule has 4 nitrogen and oxygen atoms in total. The van der Waals surface area contributed by atoms with Gasteiger partial charge in [0.15, 0.2) is 0 Å². The van der Waals surface area contributed by atoms with Crippen molar-refractivity contribution in [1.29, 1.82) is 0 Å². The van der Waals surface area contributed by atoms with Crippen molar-refractivity contribution in [2.45, 2.75) is 19.5 Å². The standard InChI is InChI=1S/C17H19N3O/c1-13-16(20-10-6-5-9-17(20)19-13)11-18-15(12-21)14-7-3-2-4-8-14/h2-10,15,18,21H,11-12H2,1H3/t15-/m1/s1. The summed E-state index contributed by atoms with van der Waals surface area (Å²) in [7, 11) is 0. The van der Waals surface area contributed by atoms with E-state index in [9.17, 15) is 5.11 Å². The normalized spacial score (nSPS) is 12.7. The number of hydrogen-bond acceptors (Lipinski definition) is 3. The SMILES string of the molecule is Cc1nc2ccccn2c1CN[C@H](CO)c1ccccc1. The predicted octanol–water partition coefficient (Wildman–Crippen LogP) is 2.47. The van der Waals surface area contributed by atoms with Gasteiger partial charge in [0, 0.05) is 12.7 Å². The maximum atomic E-state index is 9.61. The lowest BCUT2D eigenvalue weighted by atomic mass is 10.1. The number of pyridine rings is 1. The summed E-state index contributed by atoms with van der Waals surface area (Å²) in [6.07, 6.45) is 2.02. The van der Waals surface area contributed by atoms with Crippen LogP contribution in [-0.4, -0.2) is 21.1 Å². The minimum atomic E-state index is -0.0696. The van der Waals surface area contributed by atoms with Crippen molar-refractivity contribution in [3.8, 4) is 0 Å². The number of imidazole rings is 1. The molecule has 1 aromatic carbocycles. The highest BCUT2D eigenvalue weighted by Gasteiger charge is 2.12. The van der Waals surface area contributed by atoms with Crippen molar-refractivity contribution in [2.75, 3.05) is 6.61 Å². The Morgan fingerprint density at radius 1 is 1.14 bits per heavy atom. The van der Waals surface area contributed by atoms with Crippen molar-refractivity contribution in [1.82, 2.24) is 14.7 Å². The molecule has 4 heteroatoms. The van der Waals surface area contributed by atoms with Gasteiger partial charge in [0.1, 0.15) is 5.65 Å². The minimum absolute atomic E-state index is 0.0692. The minimum Gasteiger partial charge on any atom is -0.394 e. The van der Waals surface area contributed by atoms with Crippen LogP contribution < -0.4 is 5.32 Å². The summed E-state index contributed by atoms with van der Waals surface area (Å²) in [4.78, 5) is 4.55. The molecule has 108 valence electrons. The lowest BCUT2D eigenvalue weighted by molar-refractivity contribution is 0.243. The fourth-order valence-electron chi connectivity index (χ4n) is 2.57. The third-order valence-corrected chi connectivity index (χ3v) is 3.73. The first-order valence-electron chi connectivity index (χ1n) is 7.11. The van der Waals surface area contributed by atoms with Crippen molar-refractivity contribution in [2.24, 2.45) is 0 Å². The van der Waals surface area contributed by atoms with E-state index in [0.29, 0.717) is 6.54 Å². The van der Waals surface area contributed by atoms with Crippen LogP contribution in [0.5, 0.6) is 0 Å². The number of fused-ring (bicyclic) bond motifs is 1. The van der Waals surface area contributed by atoms with E-state index in [-0.39, 0.29) is 12.6 Å². The summed E-state index contributed by atoms with van der Waals surface area (Å²) in [6.45, 7) is 2.75. The average Bonchev–Trinajstić information content (AvgIpc) is 2.85. The van der Waals surface area contributed by atoms with Crippen LogP contribution in [-0.2, 0) is 6.54 Å². The molecule has 0 saturated heterocycles. The highest BCUT2D eigenvalue weighted by molar-refractivity contribution is 5.42. The second-order valence-electron chi connectivity index (χ2n) is 5.10. The largest absolute Gasteiger partial charge is 0.394 e. The molecule has 0 aliphatic carbocycles. The molecule has 3 rings (SSSR count). The Bertz CT molecular complexity index is 721. The van der Waals surface area contributed by atoms with Gasteiger partial charge in [-0.1, -0.05) is 36.4 Å². The van der Waals surface area contributed by atoms with Gasteiger partial charge in [-0.2, -0.15) is 0 Å². The van der Waals surface area contributed by atoms with E-state index in [1.54, 1.807) is 0 Å². The van der Waals surface area contributed by atoms with Crippen molar-refractivity contribution >= 4 is 5.65 Å². The van der Waals surface area contributed by atoms with E-state index in [2.05, 4.69) is 14.7 Å². The van der Waals surface area contributed by atoms with Gasteiger partial charge in [-0.15, -0.1) is 0 Å². The van der Waals surface area contributed by atoms with Gasteiger partial charge >= 0.3 is 0 Å². The van der Waals surface area contributed by atoms with Crippen molar-refractivity contribution < 1.29 is 5.11 Å². The summed E-state index contributed by atoms with van der Waals surface area (Å²) in [6, 6.07) is 15.9. The second kappa shape index (κ2) is 6.08. The number of rotatable bonds is 5. The van der Waals surface area contributed by atoms with Gasteiger partial charge in [0.05, 0.1) is 24.0 Å². The van der Waals surface area contributed by atoms with E-state index in [1.165, 1.54) is 0 Å². The van der Waals surface area contributed by atoms with Gasteiger partial charge < -0.3 is 14.8 Å². The van der Waals surface area contributed by atoms with Crippen LogP contribution in [0.2, 0.25) is 0 Å². The van der Waals surface area contributed by atoms with E-state index < -0.39 is 0 Å². The quantitative estimate of drug-likeness (QED) is 0.755. The Labute approximate surface area is 124 Å². The van der Waals surface area contributed by atoms with E-state index >= 15 is 0 Å². The summed E-state index contributed by atoms with van der Waals surface area (Å²) in [5.74, 6) is 0. The number of aromatic nitrogens is 2.